The van der Waals surface area contributed by atoms with E-state index in [1.54, 1.807) is 10.7 Å². The zero-order chi connectivity index (χ0) is 22.8. The molecule has 2 atom stereocenters. The second kappa shape index (κ2) is 9.89. The smallest absolute Gasteiger partial charge is 0.255 e. The van der Waals surface area contributed by atoms with Gasteiger partial charge in [-0.05, 0) is 49.4 Å². The van der Waals surface area contributed by atoms with Gasteiger partial charge in [-0.3, -0.25) is 0 Å². The largest absolute Gasteiger partial charge is 0.354 e. The van der Waals surface area contributed by atoms with Gasteiger partial charge in [0.15, 0.2) is 5.16 Å². The molecule has 3 aromatic rings. The molecule has 1 aliphatic rings. The van der Waals surface area contributed by atoms with Crippen molar-refractivity contribution in [3.63, 3.8) is 0 Å². The van der Waals surface area contributed by atoms with E-state index in [0.717, 1.165) is 5.56 Å². The third-order valence-corrected chi connectivity index (χ3v) is 10.2. The molecule has 170 valence electrons. The number of aromatic nitrogens is 3. The van der Waals surface area contributed by atoms with Crippen LogP contribution < -0.4 is 0 Å². The van der Waals surface area contributed by atoms with Gasteiger partial charge in [0.05, 0.1) is 19.8 Å². The van der Waals surface area contributed by atoms with Gasteiger partial charge in [0.2, 0.25) is 0 Å². The van der Waals surface area contributed by atoms with Crippen molar-refractivity contribution in [3.05, 3.63) is 76.8 Å². The Balaban J connectivity index is 1.68. The van der Waals surface area contributed by atoms with Gasteiger partial charge in [0.25, 0.3) is 5.69 Å². The zero-order valence-corrected chi connectivity index (χ0v) is 20.8. The highest BCUT2D eigenvalue weighted by Crippen LogP contribution is 2.64. The molecule has 1 fully saturated rings. The molecule has 0 unspecified atom stereocenters. The van der Waals surface area contributed by atoms with Crippen LogP contribution >= 0.6 is 28.7 Å². The van der Waals surface area contributed by atoms with Crippen LogP contribution in [0.25, 0.3) is 0 Å². The topological polar surface area (TPSA) is 61.7 Å². The predicted octanol–water partition coefficient (Wildman–Crippen LogP) is 6.13. The number of epoxide rings is 1. The van der Waals surface area contributed by atoms with Crippen molar-refractivity contribution in [1.29, 1.82) is 0 Å². The Morgan fingerprint density at radius 1 is 1.22 bits per heavy atom. The van der Waals surface area contributed by atoms with E-state index in [1.807, 2.05) is 44.2 Å². The minimum atomic E-state index is -2.64. The van der Waals surface area contributed by atoms with Crippen LogP contribution in [0.15, 0.2) is 60.0 Å². The van der Waals surface area contributed by atoms with Gasteiger partial charge in [0.1, 0.15) is 23.8 Å². The van der Waals surface area contributed by atoms with Crippen LogP contribution in [-0.2, 0) is 37.7 Å². The van der Waals surface area contributed by atoms with Crippen LogP contribution in [0.2, 0.25) is 5.02 Å². The maximum absolute atomic E-state index is 14.1. The molecule has 2 heterocycles. The summed E-state index contributed by atoms with van der Waals surface area (Å²) in [5.41, 5.74) is -1.96. The lowest BCUT2D eigenvalue weighted by Crippen LogP contribution is -2.21. The Hall–Kier alpha value is -1.32. The fourth-order valence-electron chi connectivity index (χ4n) is 3.52. The molecule has 0 saturated carbocycles. The molecule has 0 bridgehead atoms. The lowest BCUT2D eigenvalue weighted by Gasteiger charge is -2.20. The molecule has 4 rings (SSSR count). The van der Waals surface area contributed by atoms with E-state index in [-0.39, 0.29) is 11.9 Å². The molecular weight excluding hydrogens is 492 g/mol. The van der Waals surface area contributed by atoms with E-state index in [2.05, 4.69) is 10.1 Å². The molecule has 1 saturated heterocycles. The molecule has 32 heavy (non-hydrogen) atoms. The van der Waals surface area contributed by atoms with Crippen LogP contribution in [0.1, 0.15) is 31.1 Å². The molecule has 0 radical (unpaired) electrons. The number of hydrogen-bond acceptors (Lipinski definition) is 7. The van der Waals surface area contributed by atoms with Gasteiger partial charge in [-0.25, -0.2) is 14.1 Å². The fourth-order valence-corrected chi connectivity index (χ4v) is 8.28. The van der Waals surface area contributed by atoms with Crippen molar-refractivity contribution < 1.29 is 18.2 Å². The monoisotopic (exact) mass is 513 g/mol. The van der Waals surface area contributed by atoms with Crippen LogP contribution in [0.3, 0.4) is 0 Å². The Morgan fingerprint density at radius 3 is 2.66 bits per heavy atom. The van der Waals surface area contributed by atoms with Gasteiger partial charge in [-0.2, -0.15) is 5.10 Å². The maximum Gasteiger partial charge on any atom is 0.255 e. The molecule has 1 aliphatic heterocycles. The zero-order valence-electron chi connectivity index (χ0n) is 17.5. The molecule has 0 amide bonds. The SMILES string of the molecule is CCOP(=S)(OCC)Sc1ncnn1C[C@]1(c2cccc(F)c2)O[C@@H]1c1ccccc1Cl. The van der Waals surface area contributed by atoms with E-state index in [4.69, 9.17) is 37.2 Å². The molecule has 2 aromatic carbocycles. The van der Waals surface area contributed by atoms with E-state index < -0.39 is 11.3 Å². The van der Waals surface area contributed by atoms with Gasteiger partial charge in [-0.1, -0.05) is 41.9 Å². The summed E-state index contributed by atoms with van der Waals surface area (Å²) in [5, 5.41) is 5.53. The van der Waals surface area contributed by atoms with Gasteiger partial charge >= 0.3 is 0 Å². The Bertz CT molecular complexity index is 1140. The minimum absolute atomic E-state index is 0.294. The first-order valence-electron chi connectivity index (χ1n) is 10.1. The number of rotatable bonds is 10. The Morgan fingerprint density at radius 2 is 1.97 bits per heavy atom. The molecule has 0 spiro atoms. The summed E-state index contributed by atoms with van der Waals surface area (Å²) in [6, 6.07) is 13.9. The molecule has 0 N–H and O–H groups in total. The minimum Gasteiger partial charge on any atom is -0.354 e. The first-order valence-corrected chi connectivity index (χ1v) is 14.5. The predicted molar refractivity (Wildman–Crippen MR) is 127 cm³/mol. The summed E-state index contributed by atoms with van der Waals surface area (Å²) in [7, 11) is 0. The number of ether oxygens (including phenoxy) is 1. The first kappa shape index (κ1) is 23.8. The van der Waals surface area contributed by atoms with E-state index in [9.17, 15) is 4.39 Å². The summed E-state index contributed by atoms with van der Waals surface area (Å²) in [5.74, 6) is -0.341. The van der Waals surface area contributed by atoms with Gasteiger partial charge < -0.3 is 13.8 Å². The summed E-state index contributed by atoms with van der Waals surface area (Å²) in [6.45, 7) is 4.90. The summed E-state index contributed by atoms with van der Waals surface area (Å²) < 4.78 is 33.5. The number of hydrogen-bond donors (Lipinski definition) is 0. The summed E-state index contributed by atoms with van der Waals surface area (Å²) >= 11 is 13.3. The molecule has 6 nitrogen and oxygen atoms in total. The van der Waals surface area contributed by atoms with Crippen molar-refractivity contribution in [2.24, 2.45) is 0 Å². The van der Waals surface area contributed by atoms with Crippen LogP contribution in [-0.4, -0.2) is 28.0 Å². The van der Waals surface area contributed by atoms with E-state index >= 15 is 0 Å². The summed E-state index contributed by atoms with van der Waals surface area (Å²) in [6.07, 6.45) is 1.09. The Kier molecular flexibility index (Phi) is 7.36. The highest BCUT2D eigenvalue weighted by Gasteiger charge is 2.60. The molecule has 11 heteroatoms. The fraction of sp³-hybridized carbons (Fsp3) is 0.333. The van der Waals surface area contributed by atoms with Gasteiger partial charge in [-0.15, -0.1) is 0 Å². The van der Waals surface area contributed by atoms with Crippen molar-refractivity contribution in [1.82, 2.24) is 14.8 Å². The third kappa shape index (κ3) is 4.94. The maximum atomic E-state index is 14.1. The van der Waals surface area contributed by atoms with Crippen molar-refractivity contribution in [2.75, 3.05) is 13.2 Å². The highest BCUT2D eigenvalue weighted by molar-refractivity contribution is 8.67. The van der Waals surface area contributed by atoms with Crippen LogP contribution in [0, 0.1) is 5.82 Å². The normalized spacial score (nSPS) is 20.4. The lowest BCUT2D eigenvalue weighted by atomic mass is 9.91. The molecule has 0 aliphatic carbocycles. The van der Waals surface area contributed by atoms with E-state index in [1.165, 1.54) is 29.8 Å². The number of benzene rings is 2. The standard InChI is InChI=1S/C21H22ClFN3O3PS2/c1-3-27-30(31,28-4-2)32-20-24-14-25-26(20)13-21(15-8-7-9-16(23)12-15)19(29-21)17-10-5-6-11-18(17)22/h5-12,14,19H,3-4,13H2,1-2H3/t19-,21-/m1/s1. The second-order valence-corrected chi connectivity index (χ2v) is 13.5. The van der Waals surface area contributed by atoms with Crippen LogP contribution in [0.4, 0.5) is 4.39 Å². The quantitative estimate of drug-likeness (QED) is 0.239. The molecule has 1 aromatic heterocycles. The molecular formula is C21H22ClFN3O3PS2. The van der Waals surface area contributed by atoms with Crippen molar-refractivity contribution in [2.45, 2.75) is 37.3 Å². The number of halogens is 2. The van der Waals surface area contributed by atoms with E-state index in [0.29, 0.717) is 35.5 Å². The third-order valence-electron chi connectivity index (χ3n) is 4.93. The second-order valence-electron chi connectivity index (χ2n) is 6.99. The number of nitrogens with zero attached hydrogens (tertiary/aromatic N) is 3. The Labute approximate surface area is 200 Å². The average molecular weight is 514 g/mol. The first-order chi connectivity index (χ1) is 15.4. The highest BCUT2D eigenvalue weighted by atomic mass is 35.5. The summed E-state index contributed by atoms with van der Waals surface area (Å²) in [4.78, 5) is 4.36. The lowest BCUT2D eigenvalue weighted by molar-refractivity contribution is 0.255. The van der Waals surface area contributed by atoms with Crippen LogP contribution in [0.5, 0.6) is 0 Å². The van der Waals surface area contributed by atoms with Gasteiger partial charge in [0, 0.05) is 22.0 Å². The van der Waals surface area contributed by atoms with Crippen molar-refractivity contribution >= 4 is 40.5 Å². The van der Waals surface area contributed by atoms with Crippen molar-refractivity contribution in [3.8, 4) is 0 Å². The average Bonchev–Trinajstić information content (AvgIpc) is 3.32.